The van der Waals surface area contributed by atoms with Crippen LogP contribution in [0.4, 0.5) is 13.2 Å². The Morgan fingerprint density at radius 2 is 1.71 bits per heavy atom. The van der Waals surface area contributed by atoms with Gasteiger partial charge in [0.1, 0.15) is 28.8 Å². The van der Waals surface area contributed by atoms with Gasteiger partial charge in [-0.3, -0.25) is 0 Å². The molecule has 3 aromatic carbocycles. The van der Waals surface area contributed by atoms with E-state index in [0.29, 0.717) is 22.6 Å². The molecule has 0 unspecified atom stereocenters. The predicted octanol–water partition coefficient (Wildman–Crippen LogP) is 4.61. The molecule has 0 spiro atoms. The van der Waals surface area contributed by atoms with E-state index < -0.39 is 21.8 Å². The Labute approximate surface area is 194 Å². The van der Waals surface area contributed by atoms with Gasteiger partial charge in [-0.05, 0) is 47.5 Å². The average molecular weight is 494 g/mol. The van der Waals surface area contributed by atoms with Gasteiger partial charge in [0, 0.05) is 6.07 Å². The molecule has 0 saturated carbocycles. The van der Waals surface area contributed by atoms with Crippen molar-refractivity contribution < 1.29 is 35.8 Å². The van der Waals surface area contributed by atoms with Gasteiger partial charge in [-0.15, -0.1) is 0 Å². The van der Waals surface area contributed by atoms with E-state index in [1.807, 2.05) is 0 Å². The quantitative estimate of drug-likeness (QED) is 0.347. The van der Waals surface area contributed by atoms with E-state index in [9.17, 15) is 21.6 Å². The van der Waals surface area contributed by atoms with E-state index in [-0.39, 0.29) is 17.3 Å². The molecule has 0 saturated heterocycles. The zero-order valence-corrected chi connectivity index (χ0v) is 19.0. The highest BCUT2D eigenvalue weighted by Gasteiger charge is 2.30. The maximum absolute atomic E-state index is 12.9. The molecule has 0 heterocycles. The number of sulfonamides is 1. The zero-order valence-electron chi connectivity index (χ0n) is 18.2. The number of ether oxygens (including phenoxy) is 3. The number of rotatable bonds is 9. The fraction of sp³-hybridized carbons (Fsp3) is 0.174. The summed E-state index contributed by atoms with van der Waals surface area (Å²) in [7, 11) is -1.24. The number of alkyl halides is 3. The molecular formula is C23H21F3N2O5S. The molecule has 0 amide bonds. The van der Waals surface area contributed by atoms with Crippen molar-refractivity contribution >= 4 is 16.2 Å². The first-order valence-corrected chi connectivity index (χ1v) is 11.3. The molecule has 3 aromatic rings. The first-order chi connectivity index (χ1) is 16.1. The number of halogens is 3. The van der Waals surface area contributed by atoms with E-state index >= 15 is 0 Å². The van der Waals surface area contributed by atoms with Crippen LogP contribution < -0.4 is 19.0 Å². The van der Waals surface area contributed by atoms with Crippen LogP contribution in [-0.2, 0) is 22.8 Å². The van der Waals surface area contributed by atoms with Gasteiger partial charge in [-0.1, -0.05) is 24.3 Å². The monoisotopic (exact) mass is 494 g/mol. The average Bonchev–Trinajstić information content (AvgIpc) is 2.82. The largest absolute Gasteiger partial charge is 0.497 e. The normalized spacial score (nSPS) is 11.9. The third-order valence-electron chi connectivity index (χ3n) is 4.56. The zero-order chi connectivity index (χ0) is 24.8. The van der Waals surface area contributed by atoms with Crippen LogP contribution in [0.25, 0.3) is 0 Å². The number of methoxy groups -OCH3 is 2. The predicted molar refractivity (Wildman–Crippen MR) is 120 cm³/mol. The number of nitrogens with one attached hydrogen (secondary N) is 1. The van der Waals surface area contributed by atoms with Crippen LogP contribution >= 0.6 is 0 Å². The number of hydrogen-bond acceptors (Lipinski definition) is 6. The highest BCUT2D eigenvalue weighted by molar-refractivity contribution is 7.89. The van der Waals surface area contributed by atoms with E-state index in [2.05, 4.69) is 9.93 Å². The van der Waals surface area contributed by atoms with Crippen molar-refractivity contribution in [2.24, 2.45) is 5.10 Å². The fourth-order valence-corrected chi connectivity index (χ4v) is 3.85. The molecule has 0 aromatic heterocycles. The summed E-state index contributed by atoms with van der Waals surface area (Å²) in [5.41, 5.74) is 0.108. The third-order valence-corrected chi connectivity index (χ3v) is 5.83. The number of benzene rings is 3. The van der Waals surface area contributed by atoms with E-state index in [4.69, 9.17) is 14.2 Å². The lowest BCUT2D eigenvalue weighted by Crippen LogP contribution is -2.19. The molecule has 180 valence electrons. The van der Waals surface area contributed by atoms with Crippen molar-refractivity contribution in [1.29, 1.82) is 0 Å². The molecule has 0 bridgehead atoms. The van der Waals surface area contributed by atoms with Gasteiger partial charge in [-0.2, -0.15) is 31.5 Å². The molecule has 0 radical (unpaired) electrons. The fourth-order valence-electron chi connectivity index (χ4n) is 2.91. The summed E-state index contributed by atoms with van der Waals surface area (Å²) < 4.78 is 79.5. The lowest BCUT2D eigenvalue weighted by Gasteiger charge is -2.11. The molecule has 3 rings (SSSR count). The standard InChI is InChI=1S/C23H21F3N2O5S/c1-31-19-9-10-22(21(13-19)32-2)34(29,30)28-27-14-16-5-4-8-20(12-16)33-15-17-6-3-7-18(11-17)23(24,25)26/h3-14,28H,15H2,1-2H3. The number of hydrogen-bond donors (Lipinski definition) is 1. The minimum Gasteiger partial charge on any atom is -0.497 e. The highest BCUT2D eigenvalue weighted by atomic mass is 32.2. The Morgan fingerprint density at radius 3 is 2.41 bits per heavy atom. The Bertz CT molecular complexity index is 1280. The summed E-state index contributed by atoms with van der Waals surface area (Å²) >= 11 is 0. The minimum atomic E-state index is -4.43. The first kappa shape index (κ1) is 24.9. The lowest BCUT2D eigenvalue weighted by atomic mass is 10.1. The van der Waals surface area contributed by atoms with Gasteiger partial charge in [-0.25, -0.2) is 0 Å². The Morgan fingerprint density at radius 1 is 0.941 bits per heavy atom. The van der Waals surface area contributed by atoms with Gasteiger partial charge in [0.05, 0.1) is 26.0 Å². The van der Waals surface area contributed by atoms with Crippen molar-refractivity contribution in [2.45, 2.75) is 17.7 Å². The molecule has 0 aliphatic rings. The van der Waals surface area contributed by atoms with Crippen LogP contribution in [-0.4, -0.2) is 28.9 Å². The summed E-state index contributed by atoms with van der Waals surface area (Å²) in [5.74, 6) is 0.898. The summed E-state index contributed by atoms with van der Waals surface area (Å²) in [5, 5.41) is 3.78. The Hall–Kier alpha value is -3.73. The smallest absolute Gasteiger partial charge is 0.416 e. The van der Waals surface area contributed by atoms with Crippen LogP contribution in [0.15, 0.2) is 76.7 Å². The van der Waals surface area contributed by atoms with Gasteiger partial charge in [0.15, 0.2) is 0 Å². The van der Waals surface area contributed by atoms with Crippen LogP contribution in [0.5, 0.6) is 17.2 Å². The van der Waals surface area contributed by atoms with Crippen molar-refractivity contribution in [1.82, 2.24) is 4.83 Å². The summed E-state index contributed by atoms with van der Waals surface area (Å²) in [6.45, 7) is -0.0750. The van der Waals surface area contributed by atoms with Crippen LogP contribution in [0.1, 0.15) is 16.7 Å². The molecular weight excluding hydrogens is 473 g/mol. The molecule has 11 heteroatoms. The third kappa shape index (κ3) is 6.41. The molecule has 0 fully saturated rings. The maximum atomic E-state index is 12.9. The van der Waals surface area contributed by atoms with Crippen molar-refractivity contribution in [3.8, 4) is 17.2 Å². The van der Waals surface area contributed by atoms with Gasteiger partial charge < -0.3 is 14.2 Å². The minimum absolute atomic E-state index is 0.0750. The van der Waals surface area contributed by atoms with E-state index in [1.54, 1.807) is 24.3 Å². The Kier molecular flexibility index (Phi) is 7.67. The maximum Gasteiger partial charge on any atom is 0.416 e. The number of nitrogens with zero attached hydrogens (tertiary/aromatic N) is 1. The van der Waals surface area contributed by atoms with Crippen LogP contribution in [0.3, 0.4) is 0 Å². The SMILES string of the molecule is COc1ccc(S(=O)(=O)NN=Cc2cccc(OCc3cccc(C(F)(F)F)c3)c2)c(OC)c1. The highest BCUT2D eigenvalue weighted by Crippen LogP contribution is 2.30. The summed E-state index contributed by atoms with van der Waals surface area (Å²) in [6.07, 6.45) is -3.17. The van der Waals surface area contributed by atoms with Crippen molar-refractivity contribution in [2.75, 3.05) is 14.2 Å². The van der Waals surface area contributed by atoms with E-state index in [0.717, 1.165) is 12.1 Å². The summed E-state index contributed by atoms with van der Waals surface area (Å²) in [4.78, 5) is 1.99. The van der Waals surface area contributed by atoms with Crippen molar-refractivity contribution in [3.63, 3.8) is 0 Å². The van der Waals surface area contributed by atoms with Crippen LogP contribution in [0, 0.1) is 0 Å². The molecule has 0 aliphatic carbocycles. The van der Waals surface area contributed by atoms with E-state index in [1.165, 1.54) is 50.8 Å². The topological polar surface area (TPSA) is 86.2 Å². The number of hydrazone groups is 1. The second kappa shape index (κ2) is 10.5. The van der Waals surface area contributed by atoms with Crippen LogP contribution in [0.2, 0.25) is 0 Å². The van der Waals surface area contributed by atoms with Gasteiger partial charge in [0.25, 0.3) is 10.0 Å². The van der Waals surface area contributed by atoms with Crippen molar-refractivity contribution in [3.05, 3.63) is 83.4 Å². The molecule has 1 N–H and O–H groups in total. The second-order valence-corrected chi connectivity index (χ2v) is 8.56. The molecule has 0 aliphatic heterocycles. The molecule has 34 heavy (non-hydrogen) atoms. The Balaban J connectivity index is 1.67. The van der Waals surface area contributed by atoms with Gasteiger partial charge >= 0.3 is 6.18 Å². The second-order valence-electron chi connectivity index (χ2n) is 6.93. The molecule has 0 atom stereocenters. The lowest BCUT2D eigenvalue weighted by molar-refractivity contribution is -0.137. The summed E-state index contributed by atoms with van der Waals surface area (Å²) in [6, 6.07) is 15.6. The van der Waals surface area contributed by atoms with Gasteiger partial charge in [0.2, 0.25) is 0 Å². The first-order valence-electron chi connectivity index (χ1n) is 9.78. The molecule has 7 nitrogen and oxygen atoms in total.